The monoisotopic (exact) mass is 464 g/mol. The van der Waals surface area contributed by atoms with Gasteiger partial charge in [-0.3, -0.25) is 4.79 Å². The molecule has 0 saturated carbocycles. The van der Waals surface area contributed by atoms with Crippen LogP contribution in [0.3, 0.4) is 0 Å². The first-order valence-corrected chi connectivity index (χ1v) is 9.88. The lowest BCUT2D eigenvalue weighted by molar-refractivity contribution is -0.316. The van der Waals surface area contributed by atoms with Gasteiger partial charge in [0.05, 0.1) is 0 Å². The summed E-state index contributed by atoms with van der Waals surface area (Å²) in [6, 6.07) is 11.6. The minimum Gasteiger partial charge on any atom is -0.508 e. The van der Waals surface area contributed by atoms with Crippen molar-refractivity contribution >= 4 is 17.8 Å². The number of fused-ring (bicyclic) bond motifs is 3. The number of aliphatic carboxylic acids is 1. The molecule has 0 saturated heterocycles. The van der Waals surface area contributed by atoms with E-state index in [1.807, 2.05) is 0 Å². The normalized spacial score (nSPS) is 22.6. The third-order valence-corrected chi connectivity index (χ3v) is 5.45. The SMILES string of the molecule is O=C(O)/C=C/c1ccc2c(c1)OC1(O)C(=O)c3c(O)cc(O)cc3OC1(c1ccc(O)cc1)O2. The molecule has 5 rings (SSSR count). The van der Waals surface area contributed by atoms with Crippen LogP contribution >= 0.6 is 0 Å². The predicted octanol–water partition coefficient (Wildman–Crippen LogP) is 2.49. The number of aliphatic hydroxyl groups is 1. The Balaban J connectivity index is 1.73. The van der Waals surface area contributed by atoms with Crippen LogP contribution in [0.5, 0.6) is 34.5 Å². The van der Waals surface area contributed by atoms with Crippen molar-refractivity contribution in [1.82, 2.24) is 0 Å². The van der Waals surface area contributed by atoms with Crippen LogP contribution in [-0.2, 0) is 10.6 Å². The van der Waals surface area contributed by atoms with E-state index < -0.39 is 40.4 Å². The molecule has 10 nitrogen and oxygen atoms in total. The van der Waals surface area contributed by atoms with Gasteiger partial charge in [0.1, 0.15) is 28.6 Å². The molecule has 0 bridgehead atoms. The maximum atomic E-state index is 13.5. The number of carbonyl (C=O) groups excluding carboxylic acids is 1. The van der Waals surface area contributed by atoms with E-state index in [9.17, 15) is 30.0 Å². The topological polar surface area (TPSA) is 163 Å². The molecule has 3 aromatic carbocycles. The van der Waals surface area contributed by atoms with Gasteiger partial charge in [-0.1, -0.05) is 6.07 Å². The van der Waals surface area contributed by atoms with E-state index >= 15 is 0 Å². The predicted molar refractivity (Wildman–Crippen MR) is 114 cm³/mol. The molecule has 0 radical (unpaired) electrons. The average molecular weight is 464 g/mol. The number of Topliss-reactive ketones (excluding diaryl/α,β-unsaturated/α-hetero) is 1. The number of carboxylic acid groups (broad SMARTS) is 1. The van der Waals surface area contributed by atoms with Gasteiger partial charge in [0.25, 0.3) is 5.78 Å². The molecule has 0 aliphatic carbocycles. The van der Waals surface area contributed by atoms with E-state index in [1.54, 1.807) is 0 Å². The molecule has 172 valence electrons. The van der Waals surface area contributed by atoms with Crippen LogP contribution in [0, 0.1) is 0 Å². The Morgan fingerprint density at radius 1 is 0.824 bits per heavy atom. The summed E-state index contributed by atoms with van der Waals surface area (Å²) >= 11 is 0. The molecule has 2 unspecified atom stereocenters. The summed E-state index contributed by atoms with van der Waals surface area (Å²) in [5.74, 6) is -8.97. The summed E-state index contributed by atoms with van der Waals surface area (Å²) in [6.45, 7) is 0. The summed E-state index contributed by atoms with van der Waals surface area (Å²) in [4.78, 5) is 24.4. The summed E-state index contributed by atoms with van der Waals surface area (Å²) in [5.41, 5.74) is 0.0154. The quantitative estimate of drug-likeness (QED) is 0.364. The first kappa shape index (κ1) is 21.2. The number of phenolic OH excluding ortho intramolecular Hbond substituents is 3. The lowest BCUT2D eigenvalue weighted by Gasteiger charge is -2.50. The van der Waals surface area contributed by atoms with Crippen molar-refractivity contribution in [2.24, 2.45) is 0 Å². The minimum absolute atomic E-state index is 0.0471. The van der Waals surface area contributed by atoms with Crippen molar-refractivity contribution in [3.05, 3.63) is 77.4 Å². The summed E-state index contributed by atoms with van der Waals surface area (Å²) in [6.07, 6.45) is 2.18. The zero-order valence-electron chi connectivity index (χ0n) is 17.1. The van der Waals surface area contributed by atoms with E-state index in [1.165, 1.54) is 48.5 Å². The van der Waals surface area contributed by atoms with Gasteiger partial charge >= 0.3 is 17.5 Å². The number of carboxylic acids is 1. The smallest absolute Gasteiger partial charge is 0.357 e. The number of hydrogen-bond acceptors (Lipinski definition) is 9. The molecule has 2 atom stereocenters. The molecule has 2 aliphatic heterocycles. The second kappa shape index (κ2) is 7.15. The number of benzene rings is 3. The summed E-state index contributed by atoms with van der Waals surface area (Å²) in [7, 11) is 0. The Morgan fingerprint density at radius 3 is 2.24 bits per heavy atom. The average Bonchev–Trinajstić information content (AvgIpc) is 2.77. The van der Waals surface area contributed by atoms with Crippen molar-refractivity contribution in [2.45, 2.75) is 11.6 Å². The van der Waals surface area contributed by atoms with Crippen molar-refractivity contribution < 1.29 is 49.3 Å². The van der Waals surface area contributed by atoms with E-state index in [0.717, 1.165) is 18.2 Å². The van der Waals surface area contributed by atoms with Gasteiger partial charge in [0, 0.05) is 23.8 Å². The fourth-order valence-electron chi connectivity index (χ4n) is 3.91. The van der Waals surface area contributed by atoms with Crippen molar-refractivity contribution in [2.75, 3.05) is 0 Å². The molecule has 10 heteroatoms. The van der Waals surface area contributed by atoms with E-state index in [-0.39, 0.29) is 28.6 Å². The van der Waals surface area contributed by atoms with Crippen LogP contribution < -0.4 is 14.2 Å². The highest BCUT2D eigenvalue weighted by Gasteiger charge is 2.70. The molecule has 0 fully saturated rings. The molecular formula is C24H16O10. The number of hydrogen-bond donors (Lipinski definition) is 5. The Kier molecular flexibility index (Phi) is 4.45. The molecular weight excluding hydrogens is 448 g/mol. The Morgan fingerprint density at radius 2 is 1.53 bits per heavy atom. The van der Waals surface area contributed by atoms with Crippen LogP contribution in [0.1, 0.15) is 21.5 Å². The van der Waals surface area contributed by atoms with E-state index in [4.69, 9.17) is 19.3 Å². The van der Waals surface area contributed by atoms with Crippen LogP contribution in [0.15, 0.2) is 60.7 Å². The van der Waals surface area contributed by atoms with Crippen LogP contribution in [0.2, 0.25) is 0 Å². The second-order valence-electron chi connectivity index (χ2n) is 7.66. The molecule has 0 aromatic heterocycles. The van der Waals surface area contributed by atoms with Gasteiger partial charge in [0.15, 0.2) is 11.5 Å². The van der Waals surface area contributed by atoms with Crippen molar-refractivity contribution in [3.63, 3.8) is 0 Å². The zero-order valence-corrected chi connectivity index (χ0v) is 17.1. The number of phenols is 3. The van der Waals surface area contributed by atoms with Gasteiger partial charge < -0.3 is 39.7 Å². The van der Waals surface area contributed by atoms with Gasteiger partial charge in [-0.15, -0.1) is 0 Å². The number of aromatic hydroxyl groups is 3. The fourth-order valence-corrected chi connectivity index (χ4v) is 3.91. The maximum Gasteiger partial charge on any atom is 0.357 e. The Labute approximate surface area is 191 Å². The van der Waals surface area contributed by atoms with Crippen molar-refractivity contribution in [1.29, 1.82) is 0 Å². The molecule has 5 N–H and O–H groups in total. The number of ketones is 1. The summed E-state index contributed by atoms with van der Waals surface area (Å²) < 4.78 is 17.7. The van der Waals surface area contributed by atoms with Gasteiger partial charge in [-0.05, 0) is 48.0 Å². The van der Waals surface area contributed by atoms with Crippen LogP contribution in [0.4, 0.5) is 0 Å². The third kappa shape index (κ3) is 3.00. The Bertz CT molecular complexity index is 1380. The fraction of sp³-hybridized carbons (Fsp3) is 0.0833. The lowest BCUT2D eigenvalue weighted by atomic mass is 9.85. The van der Waals surface area contributed by atoms with E-state index in [0.29, 0.717) is 5.56 Å². The Hall–Kier alpha value is -4.70. The lowest BCUT2D eigenvalue weighted by Crippen LogP contribution is -2.70. The van der Waals surface area contributed by atoms with Gasteiger partial charge in [0.2, 0.25) is 0 Å². The van der Waals surface area contributed by atoms with Gasteiger partial charge in [-0.25, -0.2) is 4.79 Å². The second-order valence-corrected chi connectivity index (χ2v) is 7.66. The zero-order chi connectivity index (χ0) is 24.3. The molecule has 34 heavy (non-hydrogen) atoms. The summed E-state index contributed by atoms with van der Waals surface area (Å²) in [5, 5.41) is 50.4. The minimum atomic E-state index is -2.87. The first-order valence-electron chi connectivity index (χ1n) is 9.88. The number of ether oxygens (including phenoxy) is 3. The maximum absolute atomic E-state index is 13.5. The standard InChI is InChI=1S/C24H16O10/c25-14-5-3-13(4-6-14)24-23(31,22(30)21-16(27)10-15(26)11-19(21)34-24)32-18-9-12(2-8-20(28)29)1-7-17(18)33-24/h1-11,25-27,31H,(H,28,29)/b8-2+. The highest BCUT2D eigenvalue weighted by molar-refractivity contribution is 6.08. The molecule has 2 aliphatic rings. The molecule has 3 aromatic rings. The highest BCUT2D eigenvalue weighted by atomic mass is 16.8. The highest BCUT2D eigenvalue weighted by Crippen LogP contribution is 2.55. The van der Waals surface area contributed by atoms with Crippen LogP contribution in [0.25, 0.3) is 6.08 Å². The van der Waals surface area contributed by atoms with Crippen LogP contribution in [-0.4, -0.2) is 43.1 Å². The third-order valence-electron chi connectivity index (χ3n) is 5.45. The molecule has 0 amide bonds. The molecule has 0 spiro atoms. The van der Waals surface area contributed by atoms with E-state index in [2.05, 4.69) is 0 Å². The largest absolute Gasteiger partial charge is 0.508 e. The number of carbonyl (C=O) groups is 2. The molecule has 2 heterocycles. The van der Waals surface area contributed by atoms with Gasteiger partial charge in [-0.2, -0.15) is 0 Å². The first-order chi connectivity index (χ1) is 16.1. The van der Waals surface area contributed by atoms with Crippen molar-refractivity contribution in [3.8, 4) is 34.5 Å². The number of rotatable bonds is 3.